The molecule has 0 radical (unpaired) electrons. The Morgan fingerprint density at radius 1 is 1.29 bits per heavy atom. The molecule has 0 aromatic carbocycles. The summed E-state index contributed by atoms with van der Waals surface area (Å²) < 4.78 is 0. The van der Waals surface area contributed by atoms with E-state index in [1.165, 1.54) is 37.9 Å². The van der Waals surface area contributed by atoms with Crippen molar-refractivity contribution in [2.45, 2.75) is 25.8 Å². The van der Waals surface area contributed by atoms with Gasteiger partial charge in [-0.3, -0.25) is 9.88 Å². The molecule has 3 nitrogen and oxygen atoms in total. The first-order valence-corrected chi connectivity index (χ1v) is 5.27. The first-order valence-electron chi connectivity index (χ1n) is 5.27. The van der Waals surface area contributed by atoms with Gasteiger partial charge in [-0.1, -0.05) is 6.42 Å². The molecule has 14 heavy (non-hydrogen) atoms. The van der Waals surface area contributed by atoms with E-state index in [0.29, 0.717) is 0 Å². The van der Waals surface area contributed by atoms with E-state index < -0.39 is 0 Å². The highest BCUT2D eigenvalue weighted by Crippen LogP contribution is 2.15. The number of likely N-dealkylation sites (tertiary alicyclic amines) is 1. The summed E-state index contributed by atoms with van der Waals surface area (Å²) in [5.41, 5.74) is 7.88. The van der Waals surface area contributed by atoms with E-state index in [2.05, 4.69) is 9.88 Å². The van der Waals surface area contributed by atoms with Gasteiger partial charge in [0.15, 0.2) is 0 Å². The molecular weight excluding hydrogens is 174 g/mol. The van der Waals surface area contributed by atoms with Gasteiger partial charge in [0, 0.05) is 12.7 Å². The average Bonchev–Trinajstić information content (AvgIpc) is 2.23. The lowest BCUT2D eigenvalue weighted by Gasteiger charge is -2.26. The Labute approximate surface area is 84.9 Å². The van der Waals surface area contributed by atoms with Crippen molar-refractivity contribution in [3.63, 3.8) is 0 Å². The topological polar surface area (TPSA) is 42.1 Å². The van der Waals surface area contributed by atoms with Crippen LogP contribution in [0.1, 0.15) is 24.8 Å². The normalized spacial score (nSPS) is 18.3. The van der Waals surface area contributed by atoms with Crippen molar-refractivity contribution in [3.05, 3.63) is 24.0 Å². The second-order valence-corrected chi connectivity index (χ2v) is 3.91. The van der Waals surface area contributed by atoms with Crippen LogP contribution in [0, 0.1) is 0 Å². The molecule has 0 bridgehead atoms. The molecule has 3 heteroatoms. The van der Waals surface area contributed by atoms with Crippen LogP contribution in [0.5, 0.6) is 0 Å². The van der Waals surface area contributed by atoms with Gasteiger partial charge < -0.3 is 5.73 Å². The SMILES string of the molecule is Nc1cnccc1CN1CCCCC1. The third-order valence-corrected chi connectivity index (χ3v) is 2.79. The zero-order valence-electron chi connectivity index (χ0n) is 8.45. The largest absolute Gasteiger partial charge is 0.397 e. The summed E-state index contributed by atoms with van der Waals surface area (Å²) in [7, 11) is 0. The molecule has 1 aliphatic heterocycles. The lowest BCUT2D eigenvalue weighted by molar-refractivity contribution is 0.221. The highest BCUT2D eigenvalue weighted by atomic mass is 15.1. The standard InChI is InChI=1S/C11H17N3/c12-11-8-13-5-4-10(11)9-14-6-2-1-3-7-14/h4-5,8H,1-3,6-7,9,12H2. The monoisotopic (exact) mass is 191 g/mol. The first-order chi connectivity index (χ1) is 6.86. The fraction of sp³-hybridized carbons (Fsp3) is 0.545. The van der Waals surface area contributed by atoms with E-state index in [1.54, 1.807) is 6.20 Å². The maximum absolute atomic E-state index is 5.85. The van der Waals surface area contributed by atoms with Crippen molar-refractivity contribution >= 4 is 5.69 Å². The predicted molar refractivity (Wildman–Crippen MR) is 57.8 cm³/mol. The van der Waals surface area contributed by atoms with Gasteiger partial charge in [-0.05, 0) is 37.6 Å². The number of rotatable bonds is 2. The van der Waals surface area contributed by atoms with E-state index >= 15 is 0 Å². The first kappa shape index (κ1) is 9.46. The predicted octanol–water partition coefficient (Wildman–Crippen LogP) is 1.65. The number of nitrogen functional groups attached to an aromatic ring is 1. The second kappa shape index (κ2) is 4.42. The Morgan fingerprint density at radius 2 is 2.07 bits per heavy atom. The molecule has 0 unspecified atom stereocenters. The third kappa shape index (κ3) is 2.23. The molecule has 1 saturated heterocycles. The Morgan fingerprint density at radius 3 is 2.79 bits per heavy atom. The number of aromatic nitrogens is 1. The zero-order valence-corrected chi connectivity index (χ0v) is 8.45. The fourth-order valence-electron chi connectivity index (χ4n) is 1.94. The molecule has 1 aromatic rings. The lowest BCUT2D eigenvalue weighted by Crippen LogP contribution is -2.29. The molecule has 1 aromatic heterocycles. The van der Waals surface area contributed by atoms with E-state index in [4.69, 9.17) is 5.73 Å². The number of hydrogen-bond acceptors (Lipinski definition) is 3. The van der Waals surface area contributed by atoms with Crippen molar-refractivity contribution in [1.29, 1.82) is 0 Å². The minimum absolute atomic E-state index is 0.818. The van der Waals surface area contributed by atoms with E-state index in [9.17, 15) is 0 Å². The molecular formula is C11H17N3. The van der Waals surface area contributed by atoms with Gasteiger partial charge in [-0.25, -0.2) is 0 Å². The van der Waals surface area contributed by atoms with Crippen LogP contribution in [0.2, 0.25) is 0 Å². The van der Waals surface area contributed by atoms with Gasteiger partial charge in [0.25, 0.3) is 0 Å². The molecule has 2 N–H and O–H groups in total. The van der Waals surface area contributed by atoms with E-state index in [0.717, 1.165) is 12.2 Å². The molecule has 0 amide bonds. The maximum atomic E-state index is 5.85. The summed E-state index contributed by atoms with van der Waals surface area (Å²) in [5, 5.41) is 0. The van der Waals surface area contributed by atoms with Crippen molar-refractivity contribution in [2.75, 3.05) is 18.8 Å². The Hall–Kier alpha value is -1.09. The van der Waals surface area contributed by atoms with E-state index in [-0.39, 0.29) is 0 Å². The number of nitrogens with two attached hydrogens (primary N) is 1. The van der Waals surface area contributed by atoms with Crippen LogP contribution in [0.25, 0.3) is 0 Å². The summed E-state index contributed by atoms with van der Waals surface area (Å²) in [4.78, 5) is 6.46. The minimum atomic E-state index is 0.818. The summed E-state index contributed by atoms with van der Waals surface area (Å²) >= 11 is 0. The van der Waals surface area contributed by atoms with Gasteiger partial charge in [0.05, 0.1) is 11.9 Å². The Kier molecular flexibility index (Phi) is 2.99. The molecule has 76 valence electrons. The maximum Gasteiger partial charge on any atom is 0.0546 e. The number of nitrogens with zero attached hydrogens (tertiary/aromatic N) is 2. The summed E-state index contributed by atoms with van der Waals surface area (Å²) in [6, 6.07) is 2.02. The summed E-state index contributed by atoms with van der Waals surface area (Å²) in [5.74, 6) is 0. The van der Waals surface area contributed by atoms with Crippen LogP contribution in [0.15, 0.2) is 18.5 Å². The molecule has 2 heterocycles. The number of piperidine rings is 1. The Balaban J connectivity index is 1.99. The van der Waals surface area contributed by atoms with Gasteiger partial charge >= 0.3 is 0 Å². The van der Waals surface area contributed by atoms with Crippen molar-refractivity contribution in [1.82, 2.24) is 9.88 Å². The van der Waals surface area contributed by atoms with Crippen LogP contribution in [0.4, 0.5) is 5.69 Å². The van der Waals surface area contributed by atoms with Gasteiger partial charge in [-0.15, -0.1) is 0 Å². The molecule has 1 aliphatic rings. The van der Waals surface area contributed by atoms with Gasteiger partial charge in [0.1, 0.15) is 0 Å². The number of anilines is 1. The molecule has 0 atom stereocenters. The molecule has 1 fully saturated rings. The van der Waals surface area contributed by atoms with Crippen LogP contribution in [0.3, 0.4) is 0 Å². The van der Waals surface area contributed by atoms with Crippen molar-refractivity contribution in [3.8, 4) is 0 Å². The van der Waals surface area contributed by atoms with E-state index in [1.807, 2.05) is 12.3 Å². The quantitative estimate of drug-likeness (QED) is 0.773. The molecule has 0 saturated carbocycles. The lowest BCUT2D eigenvalue weighted by atomic mass is 10.1. The second-order valence-electron chi connectivity index (χ2n) is 3.91. The molecule has 0 spiro atoms. The van der Waals surface area contributed by atoms with Crippen LogP contribution >= 0.6 is 0 Å². The van der Waals surface area contributed by atoms with Crippen LogP contribution in [-0.4, -0.2) is 23.0 Å². The van der Waals surface area contributed by atoms with Crippen LogP contribution < -0.4 is 5.73 Å². The van der Waals surface area contributed by atoms with Gasteiger partial charge in [-0.2, -0.15) is 0 Å². The number of pyridine rings is 1. The fourth-order valence-corrected chi connectivity index (χ4v) is 1.94. The molecule has 2 rings (SSSR count). The summed E-state index contributed by atoms with van der Waals surface area (Å²) in [6.45, 7) is 3.40. The third-order valence-electron chi connectivity index (χ3n) is 2.79. The van der Waals surface area contributed by atoms with Gasteiger partial charge in [0.2, 0.25) is 0 Å². The summed E-state index contributed by atoms with van der Waals surface area (Å²) in [6.07, 6.45) is 7.58. The van der Waals surface area contributed by atoms with Crippen LogP contribution in [-0.2, 0) is 6.54 Å². The highest BCUT2D eigenvalue weighted by Gasteiger charge is 2.11. The molecule has 0 aliphatic carbocycles. The minimum Gasteiger partial charge on any atom is -0.397 e. The Bertz CT molecular complexity index is 292. The highest BCUT2D eigenvalue weighted by molar-refractivity contribution is 5.43. The average molecular weight is 191 g/mol. The number of hydrogen-bond donors (Lipinski definition) is 1. The van der Waals surface area contributed by atoms with Crippen molar-refractivity contribution in [2.24, 2.45) is 0 Å². The van der Waals surface area contributed by atoms with Crippen molar-refractivity contribution < 1.29 is 0 Å². The smallest absolute Gasteiger partial charge is 0.0546 e. The zero-order chi connectivity index (χ0) is 9.80.